The van der Waals surface area contributed by atoms with Crippen molar-refractivity contribution < 1.29 is 4.79 Å². The highest BCUT2D eigenvalue weighted by Crippen LogP contribution is 2.21. The Balaban J connectivity index is 1.50. The molecule has 1 aliphatic heterocycles. The Hall–Kier alpha value is -2.14. The van der Waals surface area contributed by atoms with Crippen LogP contribution in [0, 0.1) is 5.92 Å². The van der Waals surface area contributed by atoms with Crippen molar-refractivity contribution in [3.8, 4) is 0 Å². The van der Waals surface area contributed by atoms with E-state index in [1.165, 1.54) is 0 Å². The van der Waals surface area contributed by atoms with Gasteiger partial charge in [-0.1, -0.05) is 29.8 Å². The fourth-order valence-electron chi connectivity index (χ4n) is 2.76. The highest BCUT2D eigenvalue weighted by Gasteiger charge is 2.25. The molecular formula is C17H19ClN4O. The van der Waals surface area contributed by atoms with Crippen LogP contribution in [0.2, 0.25) is 5.02 Å². The van der Waals surface area contributed by atoms with Crippen LogP contribution in [0.15, 0.2) is 42.7 Å². The third kappa shape index (κ3) is 3.99. The van der Waals surface area contributed by atoms with Crippen LogP contribution in [0.1, 0.15) is 18.4 Å². The predicted molar refractivity (Wildman–Crippen MR) is 90.3 cm³/mol. The summed E-state index contributed by atoms with van der Waals surface area (Å²) in [6.45, 7) is 2.07. The Kier molecular flexibility index (Phi) is 5.08. The minimum atomic E-state index is 0.0393. The summed E-state index contributed by atoms with van der Waals surface area (Å²) in [5.41, 5.74) is 0.942. The molecule has 1 aromatic carbocycles. The number of benzene rings is 1. The molecule has 0 bridgehead atoms. The third-order valence-electron chi connectivity index (χ3n) is 4.11. The maximum atomic E-state index is 12.3. The van der Waals surface area contributed by atoms with E-state index in [-0.39, 0.29) is 11.8 Å². The van der Waals surface area contributed by atoms with E-state index in [1.807, 2.05) is 24.3 Å². The Morgan fingerprint density at radius 3 is 2.57 bits per heavy atom. The summed E-state index contributed by atoms with van der Waals surface area (Å²) in [5, 5.41) is 3.68. The van der Waals surface area contributed by atoms with Crippen molar-refractivity contribution in [2.75, 3.05) is 18.0 Å². The van der Waals surface area contributed by atoms with Gasteiger partial charge >= 0.3 is 0 Å². The molecule has 0 atom stereocenters. The zero-order chi connectivity index (χ0) is 16.1. The highest BCUT2D eigenvalue weighted by atomic mass is 35.5. The molecule has 23 heavy (non-hydrogen) atoms. The number of piperidine rings is 1. The van der Waals surface area contributed by atoms with E-state index in [0.717, 1.165) is 37.4 Å². The van der Waals surface area contributed by atoms with E-state index in [0.29, 0.717) is 11.6 Å². The molecule has 1 aliphatic rings. The molecule has 1 aromatic heterocycles. The number of halogens is 1. The first-order valence-electron chi connectivity index (χ1n) is 7.77. The van der Waals surface area contributed by atoms with E-state index < -0.39 is 0 Å². The van der Waals surface area contributed by atoms with E-state index in [9.17, 15) is 4.79 Å². The number of nitrogens with one attached hydrogen (secondary N) is 1. The van der Waals surface area contributed by atoms with Gasteiger partial charge in [-0.25, -0.2) is 9.97 Å². The maximum Gasteiger partial charge on any atom is 0.225 e. The number of rotatable bonds is 4. The summed E-state index contributed by atoms with van der Waals surface area (Å²) in [4.78, 5) is 23.0. The second-order valence-corrected chi connectivity index (χ2v) is 6.03. The van der Waals surface area contributed by atoms with Crippen molar-refractivity contribution >= 4 is 23.5 Å². The van der Waals surface area contributed by atoms with Gasteiger partial charge in [0, 0.05) is 43.0 Å². The molecule has 0 unspecified atom stereocenters. The van der Waals surface area contributed by atoms with Crippen molar-refractivity contribution in [1.82, 2.24) is 15.3 Å². The van der Waals surface area contributed by atoms with Gasteiger partial charge in [0.1, 0.15) is 0 Å². The number of anilines is 1. The van der Waals surface area contributed by atoms with Crippen molar-refractivity contribution in [1.29, 1.82) is 0 Å². The van der Waals surface area contributed by atoms with Crippen LogP contribution in [0.5, 0.6) is 0 Å². The normalized spacial score (nSPS) is 15.4. The molecule has 1 saturated heterocycles. The van der Waals surface area contributed by atoms with Crippen molar-refractivity contribution in [3.05, 3.63) is 53.3 Å². The van der Waals surface area contributed by atoms with Gasteiger partial charge in [-0.2, -0.15) is 0 Å². The molecule has 6 heteroatoms. The first kappa shape index (κ1) is 15.7. The minimum absolute atomic E-state index is 0.0393. The number of amides is 1. The lowest BCUT2D eigenvalue weighted by atomic mass is 9.96. The van der Waals surface area contributed by atoms with E-state index >= 15 is 0 Å². The van der Waals surface area contributed by atoms with Gasteiger partial charge in [0.25, 0.3) is 0 Å². The fraction of sp³-hybridized carbons (Fsp3) is 0.353. The summed E-state index contributed by atoms with van der Waals surface area (Å²) >= 11 is 6.11. The molecule has 0 spiro atoms. The molecule has 1 amide bonds. The van der Waals surface area contributed by atoms with Crippen molar-refractivity contribution in [3.63, 3.8) is 0 Å². The SMILES string of the molecule is O=C(NCc1ccccc1Cl)C1CCN(c2ncccn2)CC1. The summed E-state index contributed by atoms with van der Waals surface area (Å²) in [6, 6.07) is 9.37. The van der Waals surface area contributed by atoms with Crippen molar-refractivity contribution in [2.45, 2.75) is 19.4 Å². The van der Waals surface area contributed by atoms with Crippen LogP contribution in [-0.4, -0.2) is 29.0 Å². The summed E-state index contributed by atoms with van der Waals surface area (Å²) in [5.74, 6) is 0.874. The quantitative estimate of drug-likeness (QED) is 0.936. The molecular weight excluding hydrogens is 312 g/mol. The maximum absolute atomic E-state index is 12.3. The number of hydrogen-bond acceptors (Lipinski definition) is 4. The molecule has 5 nitrogen and oxygen atoms in total. The lowest BCUT2D eigenvalue weighted by Gasteiger charge is -2.31. The molecule has 0 aliphatic carbocycles. The van der Waals surface area contributed by atoms with Crippen molar-refractivity contribution in [2.24, 2.45) is 5.92 Å². The fourth-order valence-corrected chi connectivity index (χ4v) is 2.97. The van der Waals surface area contributed by atoms with Crippen LogP contribution in [0.3, 0.4) is 0 Å². The van der Waals surface area contributed by atoms with E-state index in [4.69, 9.17) is 11.6 Å². The number of hydrogen-bond donors (Lipinski definition) is 1. The number of aromatic nitrogens is 2. The molecule has 1 fully saturated rings. The smallest absolute Gasteiger partial charge is 0.225 e. The second-order valence-electron chi connectivity index (χ2n) is 5.62. The highest BCUT2D eigenvalue weighted by molar-refractivity contribution is 6.31. The van der Waals surface area contributed by atoms with Gasteiger partial charge in [-0.15, -0.1) is 0 Å². The van der Waals surface area contributed by atoms with E-state index in [2.05, 4.69) is 20.2 Å². The molecule has 1 N–H and O–H groups in total. The monoisotopic (exact) mass is 330 g/mol. The average Bonchev–Trinajstić information content (AvgIpc) is 2.62. The van der Waals surface area contributed by atoms with Gasteiger partial charge < -0.3 is 10.2 Å². The number of nitrogens with zero attached hydrogens (tertiary/aromatic N) is 3. The molecule has 0 radical (unpaired) electrons. The molecule has 120 valence electrons. The lowest BCUT2D eigenvalue weighted by molar-refractivity contribution is -0.125. The molecule has 3 rings (SSSR count). The predicted octanol–water partition coefficient (Wildman–Crippen LogP) is 2.66. The Morgan fingerprint density at radius 1 is 1.17 bits per heavy atom. The summed E-state index contributed by atoms with van der Waals surface area (Å²) in [6.07, 6.45) is 5.11. The average molecular weight is 331 g/mol. The minimum Gasteiger partial charge on any atom is -0.352 e. The summed E-state index contributed by atoms with van der Waals surface area (Å²) < 4.78 is 0. The topological polar surface area (TPSA) is 58.1 Å². The standard InChI is InChI=1S/C17H19ClN4O/c18-15-5-2-1-4-14(15)12-21-16(23)13-6-10-22(11-7-13)17-19-8-3-9-20-17/h1-5,8-9,13H,6-7,10-12H2,(H,21,23). The molecule has 2 aromatic rings. The lowest BCUT2D eigenvalue weighted by Crippen LogP contribution is -2.41. The van der Waals surface area contributed by atoms with Gasteiger partial charge in [-0.05, 0) is 30.5 Å². The third-order valence-corrected chi connectivity index (χ3v) is 4.48. The van der Waals surface area contributed by atoms with Gasteiger partial charge in [0.2, 0.25) is 11.9 Å². The van der Waals surface area contributed by atoms with Gasteiger partial charge in [0.15, 0.2) is 0 Å². The Morgan fingerprint density at radius 2 is 1.87 bits per heavy atom. The first-order chi connectivity index (χ1) is 11.2. The van der Waals surface area contributed by atoms with Crippen LogP contribution >= 0.6 is 11.6 Å². The van der Waals surface area contributed by atoms with Crippen LogP contribution in [0.25, 0.3) is 0 Å². The Labute approximate surface area is 140 Å². The Bertz CT molecular complexity index is 657. The summed E-state index contributed by atoms with van der Waals surface area (Å²) in [7, 11) is 0. The zero-order valence-electron chi connectivity index (χ0n) is 12.8. The first-order valence-corrected chi connectivity index (χ1v) is 8.15. The zero-order valence-corrected chi connectivity index (χ0v) is 13.5. The van der Waals surface area contributed by atoms with Crippen LogP contribution < -0.4 is 10.2 Å². The molecule has 0 saturated carbocycles. The largest absolute Gasteiger partial charge is 0.352 e. The number of carbonyl (C=O) groups is 1. The number of carbonyl (C=O) groups excluding carboxylic acids is 1. The van der Waals surface area contributed by atoms with Crippen LogP contribution in [0.4, 0.5) is 5.95 Å². The van der Waals surface area contributed by atoms with Gasteiger partial charge in [0.05, 0.1) is 0 Å². The second kappa shape index (κ2) is 7.42. The van der Waals surface area contributed by atoms with E-state index in [1.54, 1.807) is 18.5 Å². The van der Waals surface area contributed by atoms with Gasteiger partial charge in [-0.3, -0.25) is 4.79 Å². The van der Waals surface area contributed by atoms with Crippen LogP contribution in [-0.2, 0) is 11.3 Å². The molecule has 2 heterocycles.